The van der Waals surface area contributed by atoms with Crippen molar-refractivity contribution < 1.29 is 4.79 Å². The zero-order valence-corrected chi connectivity index (χ0v) is 10.0. The highest BCUT2D eigenvalue weighted by molar-refractivity contribution is 7.09. The molecule has 0 amide bonds. The molecule has 2 nitrogen and oxygen atoms in total. The minimum atomic E-state index is -0.0136. The van der Waals surface area contributed by atoms with Crippen LogP contribution in [0.5, 0.6) is 0 Å². The van der Waals surface area contributed by atoms with Crippen LogP contribution in [0, 0.1) is 5.92 Å². The smallest absolute Gasteiger partial charge is 0.139 e. The largest absolute Gasteiger partial charge is 0.299 e. The normalized spacial score (nSPS) is 13.2. The number of aromatic nitrogens is 1. The molecule has 1 aromatic rings. The number of thiazole rings is 1. The quantitative estimate of drug-likeness (QED) is 0.766. The molecule has 0 saturated carbocycles. The number of carbonyl (C=O) groups excluding carboxylic acids is 1. The summed E-state index contributed by atoms with van der Waals surface area (Å²) in [5.41, 5.74) is 1.09. The molecule has 14 heavy (non-hydrogen) atoms. The Bertz CT molecular complexity index is 317. The van der Waals surface area contributed by atoms with Gasteiger partial charge in [0.2, 0.25) is 0 Å². The highest BCUT2D eigenvalue weighted by Gasteiger charge is 2.23. The lowest BCUT2D eigenvalue weighted by Gasteiger charge is -2.14. The van der Waals surface area contributed by atoms with Crippen LogP contribution < -0.4 is 0 Å². The number of hydrogen-bond acceptors (Lipinski definition) is 3. The van der Waals surface area contributed by atoms with Crippen molar-refractivity contribution in [2.24, 2.45) is 5.92 Å². The average molecular weight is 211 g/mol. The van der Waals surface area contributed by atoms with Crippen LogP contribution in [0.25, 0.3) is 0 Å². The van der Waals surface area contributed by atoms with Crippen molar-refractivity contribution in [1.29, 1.82) is 0 Å². The molecule has 3 heteroatoms. The number of ketones is 1. The lowest BCUT2D eigenvalue weighted by molar-refractivity contribution is -0.119. The molecular weight excluding hydrogens is 194 g/mol. The highest BCUT2D eigenvalue weighted by Crippen LogP contribution is 2.28. The van der Waals surface area contributed by atoms with Crippen molar-refractivity contribution >= 4 is 17.1 Å². The molecule has 1 unspecified atom stereocenters. The van der Waals surface area contributed by atoms with E-state index in [0.717, 1.165) is 17.1 Å². The Morgan fingerprint density at radius 1 is 1.57 bits per heavy atom. The van der Waals surface area contributed by atoms with Crippen molar-refractivity contribution in [1.82, 2.24) is 4.98 Å². The van der Waals surface area contributed by atoms with Crippen LogP contribution in [-0.2, 0) is 11.2 Å². The first-order chi connectivity index (χ1) is 6.56. The number of aryl methyl sites for hydroxylation is 1. The summed E-state index contributed by atoms with van der Waals surface area (Å²) >= 11 is 1.61. The van der Waals surface area contributed by atoms with E-state index in [0.29, 0.717) is 5.92 Å². The van der Waals surface area contributed by atoms with Gasteiger partial charge in [-0.05, 0) is 19.3 Å². The topological polar surface area (TPSA) is 30.0 Å². The second kappa shape index (κ2) is 4.69. The first kappa shape index (κ1) is 11.4. The van der Waals surface area contributed by atoms with Gasteiger partial charge in [-0.1, -0.05) is 20.8 Å². The predicted octanol–water partition coefficient (Wildman–Crippen LogP) is 3.03. The first-order valence-corrected chi connectivity index (χ1v) is 5.89. The Morgan fingerprint density at radius 3 is 2.57 bits per heavy atom. The van der Waals surface area contributed by atoms with E-state index in [1.165, 1.54) is 0 Å². The van der Waals surface area contributed by atoms with Gasteiger partial charge in [0, 0.05) is 5.38 Å². The SMILES string of the molecule is CCc1csc(C(C(C)=O)C(C)C)n1. The second-order valence-electron chi connectivity index (χ2n) is 3.86. The summed E-state index contributed by atoms with van der Waals surface area (Å²) in [7, 11) is 0. The van der Waals surface area contributed by atoms with E-state index in [1.54, 1.807) is 18.3 Å². The Balaban J connectivity index is 2.93. The Kier molecular flexibility index (Phi) is 3.81. The van der Waals surface area contributed by atoms with Gasteiger partial charge in [-0.25, -0.2) is 4.98 Å². The lowest BCUT2D eigenvalue weighted by Crippen LogP contribution is -2.15. The van der Waals surface area contributed by atoms with E-state index in [9.17, 15) is 4.79 Å². The molecule has 1 aromatic heterocycles. The summed E-state index contributed by atoms with van der Waals surface area (Å²) < 4.78 is 0. The maximum absolute atomic E-state index is 11.5. The van der Waals surface area contributed by atoms with Gasteiger partial charge >= 0.3 is 0 Å². The molecule has 1 heterocycles. The number of Topliss-reactive ketones (excluding diaryl/α,β-unsaturated/α-hetero) is 1. The lowest BCUT2D eigenvalue weighted by atomic mass is 9.93. The minimum Gasteiger partial charge on any atom is -0.299 e. The molecule has 0 aliphatic rings. The van der Waals surface area contributed by atoms with Gasteiger partial charge < -0.3 is 0 Å². The molecule has 0 spiro atoms. The van der Waals surface area contributed by atoms with E-state index in [1.807, 2.05) is 5.38 Å². The van der Waals surface area contributed by atoms with E-state index in [-0.39, 0.29) is 11.7 Å². The zero-order chi connectivity index (χ0) is 10.7. The second-order valence-corrected chi connectivity index (χ2v) is 4.75. The fraction of sp³-hybridized carbons (Fsp3) is 0.636. The number of hydrogen-bond donors (Lipinski definition) is 0. The van der Waals surface area contributed by atoms with E-state index in [4.69, 9.17) is 0 Å². The van der Waals surface area contributed by atoms with Crippen LogP contribution in [-0.4, -0.2) is 10.8 Å². The Labute approximate surface area is 89.4 Å². The molecule has 0 aliphatic carbocycles. The Hall–Kier alpha value is -0.700. The van der Waals surface area contributed by atoms with Crippen molar-refractivity contribution in [2.45, 2.75) is 40.0 Å². The molecular formula is C11H17NOS. The van der Waals surface area contributed by atoms with Gasteiger partial charge in [0.25, 0.3) is 0 Å². The average Bonchev–Trinajstić information content (AvgIpc) is 2.51. The first-order valence-electron chi connectivity index (χ1n) is 5.01. The highest BCUT2D eigenvalue weighted by atomic mass is 32.1. The van der Waals surface area contributed by atoms with Crippen LogP contribution in [0.1, 0.15) is 44.3 Å². The molecule has 1 rings (SSSR count). The summed E-state index contributed by atoms with van der Waals surface area (Å²) in [6.07, 6.45) is 0.944. The van der Waals surface area contributed by atoms with Gasteiger partial charge in [0.05, 0.1) is 11.6 Å². The molecule has 0 N–H and O–H groups in total. The summed E-state index contributed by atoms with van der Waals surface area (Å²) in [5, 5.41) is 3.03. The number of nitrogens with zero attached hydrogens (tertiary/aromatic N) is 1. The van der Waals surface area contributed by atoms with E-state index >= 15 is 0 Å². The monoisotopic (exact) mass is 211 g/mol. The van der Waals surface area contributed by atoms with Crippen molar-refractivity contribution in [3.05, 3.63) is 16.1 Å². The zero-order valence-electron chi connectivity index (χ0n) is 9.20. The van der Waals surface area contributed by atoms with Gasteiger partial charge in [0.1, 0.15) is 10.8 Å². The number of carbonyl (C=O) groups is 1. The van der Waals surface area contributed by atoms with E-state index < -0.39 is 0 Å². The molecule has 0 saturated heterocycles. The maximum atomic E-state index is 11.5. The minimum absolute atomic E-state index is 0.0136. The molecule has 0 radical (unpaired) electrons. The van der Waals surface area contributed by atoms with Gasteiger partial charge in [0.15, 0.2) is 0 Å². The third-order valence-corrected chi connectivity index (χ3v) is 3.28. The predicted molar refractivity (Wildman–Crippen MR) is 59.8 cm³/mol. The fourth-order valence-electron chi connectivity index (χ4n) is 1.56. The van der Waals surface area contributed by atoms with Gasteiger partial charge in [-0.15, -0.1) is 11.3 Å². The van der Waals surface area contributed by atoms with Crippen LogP contribution >= 0.6 is 11.3 Å². The summed E-state index contributed by atoms with van der Waals surface area (Å²) in [6, 6.07) is 0. The fourth-order valence-corrected chi connectivity index (χ4v) is 2.79. The summed E-state index contributed by atoms with van der Waals surface area (Å²) in [5.74, 6) is 0.542. The van der Waals surface area contributed by atoms with Crippen LogP contribution in [0.4, 0.5) is 0 Å². The van der Waals surface area contributed by atoms with Crippen molar-refractivity contribution in [3.63, 3.8) is 0 Å². The van der Waals surface area contributed by atoms with Crippen LogP contribution in [0.3, 0.4) is 0 Å². The molecule has 78 valence electrons. The van der Waals surface area contributed by atoms with Crippen molar-refractivity contribution in [3.8, 4) is 0 Å². The summed E-state index contributed by atoms with van der Waals surface area (Å²) in [6.45, 7) is 7.87. The van der Waals surface area contributed by atoms with E-state index in [2.05, 4.69) is 25.8 Å². The van der Waals surface area contributed by atoms with Crippen molar-refractivity contribution in [2.75, 3.05) is 0 Å². The summed E-state index contributed by atoms with van der Waals surface area (Å²) in [4.78, 5) is 15.9. The molecule has 0 aromatic carbocycles. The van der Waals surface area contributed by atoms with Crippen LogP contribution in [0.15, 0.2) is 5.38 Å². The molecule has 1 atom stereocenters. The van der Waals surface area contributed by atoms with Gasteiger partial charge in [-0.2, -0.15) is 0 Å². The number of rotatable bonds is 4. The third kappa shape index (κ3) is 2.41. The Morgan fingerprint density at radius 2 is 2.21 bits per heavy atom. The van der Waals surface area contributed by atoms with Gasteiger partial charge in [-0.3, -0.25) is 4.79 Å². The maximum Gasteiger partial charge on any atom is 0.139 e. The molecule has 0 bridgehead atoms. The third-order valence-electron chi connectivity index (χ3n) is 2.30. The van der Waals surface area contributed by atoms with Crippen LogP contribution in [0.2, 0.25) is 0 Å². The molecule has 0 aliphatic heterocycles. The standard InChI is InChI=1S/C11H17NOS/c1-5-9-6-14-11(12-9)10(7(2)3)8(4)13/h6-7,10H,5H2,1-4H3. The molecule has 0 fully saturated rings.